The van der Waals surface area contributed by atoms with Crippen LogP contribution in [0.3, 0.4) is 0 Å². The molecule has 0 amide bonds. The predicted octanol–water partition coefficient (Wildman–Crippen LogP) is 1.64. The van der Waals surface area contributed by atoms with Crippen LogP contribution in [0.15, 0.2) is 21.7 Å². The lowest BCUT2D eigenvalue weighted by Gasteiger charge is -2.17. The van der Waals surface area contributed by atoms with Crippen LogP contribution in [-0.4, -0.2) is 20.6 Å². The number of H-pyrrole nitrogens is 1. The quantitative estimate of drug-likeness (QED) is 0.897. The predicted molar refractivity (Wildman–Crippen MR) is 74.9 cm³/mol. The SMILES string of the molecule is CC(C)CC(C(=O)O)n1c(=O)[nH]c2ccc(F)c(F)c2c1=O. The van der Waals surface area contributed by atoms with Crippen molar-refractivity contribution in [3.05, 3.63) is 44.6 Å². The molecule has 22 heavy (non-hydrogen) atoms. The zero-order chi connectivity index (χ0) is 16.6. The lowest BCUT2D eigenvalue weighted by atomic mass is 10.0. The van der Waals surface area contributed by atoms with Gasteiger partial charge in [-0.3, -0.25) is 4.79 Å². The number of rotatable bonds is 4. The van der Waals surface area contributed by atoms with Crippen LogP contribution in [-0.2, 0) is 4.79 Å². The molecule has 2 N–H and O–H groups in total. The first-order valence-corrected chi connectivity index (χ1v) is 6.59. The summed E-state index contributed by atoms with van der Waals surface area (Å²) in [6.07, 6.45) is 0.000755. The zero-order valence-corrected chi connectivity index (χ0v) is 11.9. The Morgan fingerprint density at radius 2 is 1.95 bits per heavy atom. The molecule has 1 aromatic carbocycles. The van der Waals surface area contributed by atoms with Crippen LogP contribution in [0.4, 0.5) is 8.78 Å². The molecule has 0 spiro atoms. The molecular formula is C14H14F2N2O4. The van der Waals surface area contributed by atoms with Crippen LogP contribution < -0.4 is 11.2 Å². The third-order valence-corrected chi connectivity index (χ3v) is 3.28. The number of hydrogen-bond donors (Lipinski definition) is 2. The van der Waals surface area contributed by atoms with E-state index in [1.165, 1.54) is 0 Å². The monoisotopic (exact) mass is 312 g/mol. The average Bonchev–Trinajstić information content (AvgIpc) is 2.41. The molecule has 8 heteroatoms. The molecular weight excluding hydrogens is 298 g/mol. The van der Waals surface area contributed by atoms with Crippen molar-refractivity contribution in [3.63, 3.8) is 0 Å². The van der Waals surface area contributed by atoms with Gasteiger partial charge in [0, 0.05) is 0 Å². The summed E-state index contributed by atoms with van der Waals surface area (Å²) in [5.74, 6) is -4.18. The van der Waals surface area contributed by atoms with Crippen molar-refractivity contribution in [3.8, 4) is 0 Å². The second-order valence-electron chi connectivity index (χ2n) is 5.37. The van der Waals surface area contributed by atoms with E-state index in [1.807, 2.05) is 0 Å². The standard InChI is InChI=1S/C14H14F2N2O4/c1-6(2)5-9(13(20)21)18-12(19)10-8(17-14(18)22)4-3-7(15)11(10)16/h3-4,6,9H,5H2,1-2H3,(H,17,22)(H,20,21). The van der Waals surface area contributed by atoms with E-state index in [0.29, 0.717) is 4.57 Å². The van der Waals surface area contributed by atoms with E-state index in [0.717, 1.165) is 12.1 Å². The van der Waals surface area contributed by atoms with Gasteiger partial charge in [-0.05, 0) is 24.5 Å². The van der Waals surface area contributed by atoms with Crippen molar-refractivity contribution in [2.45, 2.75) is 26.3 Å². The van der Waals surface area contributed by atoms with E-state index in [-0.39, 0.29) is 17.9 Å². The van der Waals surface area contributed by atoms with Crippen LogP contribution >= 0.6 is 0 Å². The normalized spacial score (nSPS) is 12.8. The maximum absolute atomic E-state index is 13.8. The number of aromatic nitrogens is 2. The van der Waals surface area contributed by atoms with Crippen LogP contribution in [0.2, 0.25) is 0 Å². The summed E-state index contributed by atoms with van der Waals surface area (Å²) in [4.78, 5) is 37.9. The van der Waals surface area contributed by atoms with E-state index in [4.69, 9.17) is 0 Å². The molecule has 0 aliphatic carbocycles. The van der Waals surface area contributed by atoms with Gasteiger partial charge in [-0.15, -0.1) is 0 Å². The number of aromatic amines is 1. The van der Waals surface area contributed by atoms with Crippen molar-refractivity contribution >= 4 is 16.9 Å². The second kappa shape index (κ2) is 5.70. The highest BCUT2D eigenvalue weighted by molar-refractivity contribution is 5.79. The van der Waals surface area contributed by atoms with Gasteiger partial charge in [-0.1, -0.05) is 13.8 Å². The first-order valence-electron chi connectivity index (χ1n) is 6.59. The molecule has 0 radical (unpaired) electrons. The van der Waals surface area contributed by atoms with E-state index in [1.54, 1.807) is 13.8 Å². The van der Waals surface area contributed by atoms with Crippen LogP contribution in [0.5, 0.6) is 0 Å². The van der Waals surface area contributed by atoms with E-state index < -0.39 is 40.3 Å². The van der Waals surface area contributed by atoms with Gasteiger partial charge in [-0.25, -0.2) is 22.9 Å². The summed E-state index contributed by atoms with van der Waals surface area (Å²) in [6, 6.07) is 0.377. The number of nitrogens with one attached hydrogen (secondary N) is 1. The number of nitrogens with zero attached hydrogens (tertiary/aromatic N) is 1. The zero-order valence-electron chi connectivity index (χ0n) is 11.9. The van der Waals surface area contributed by atoms with Crippen molar-refractivity contribution in [1.82, 2.24) is 9.55 Å². The summed E-state index contributed by atoms with van der Waals surface area (Å²) in [7, 11) is 0. The molecule has 0 aliphatic heterocycles. The Morgan fingerprint density at radius 1 is 1.32 bits per heavy atom. The molecule has 1 unspecified atom stereocenters. The molecule has 2 rings (SSSR count). The Balaban J connectivity index is 2.84. The minimum atomic E-state index is -1.46. The molecule has 1 atom stereocenters. The molecule has 0 aliphatic rings. The van der Waals surface area contributed by atoms with Gasteiger partial charge in [0.1, 0.15) is 11.4 Å². The Labute approximate surface area is 123 Å². The number of fused-ring (bicyclic) bond motifs is 1. The number of hydrogen-bond acceptors (Lipinski definition) is 3. The summed E-state index contributed by atoms with van der Waals surface area (Å²) in [6.45, 7) is 3.44. The van der Waals surface area contributed by atoms with Gasteiger partial charge in [-0.2, -0.15) is 0 Å². The summed E-state index contributed by atoms with van der Waals surface area (Å²) in [5.41, 5.74) is -2.32. The number of aliphatic carboxylic acids is 1. The van der Waals surface area contributed by atoms with E-state index in [9.17, 15) is 28.3 Å². The first kappa shape index (κ1) is 15.9. The number of benzene rings is 1. The third-order valence-electron chi connectivity index (χ3n) is 3.28. The molecule has 1 heterocycles. The highest BCUT2D eigenvalue weighted by Gasteiger charge is 2.26. The minimum absolute atomic E-state index is 0.000755. The number of carboxylic acids is 1. The number of halogens is 2. The largest absolute Gasteiger partial charge is 0.480 e. The average molecular weight is 312 g/mol. The molecule has 1 aromatic heterocycles. The first-order chi connectivity index (χ1) is 10.2. The molecule has 0 bridgehead atoms. The maximum Gasteiger partial charge on any atom is 0.329 e. The lowest BCUT2D eigenvalue weighted by Crippen LogP contribution is -2.41. The summed E-state index contributed by atoms with van der Waals surface area (Å²) in [5, 5.41) is 8.57. The Bertz CT molecular complexity index is 854. The molecule has 118 valence electrons. The van der Waals surface area contributed by atoms with Gasteiger partial charge in [0.15, 0.2) is 11.6 Å². The Kier molecular flexibility index (Phi) is 4.11. The van der Waals surface area contributed by atoms with Crippen molar-refractivity contribution in [2.24, 2.45) is 5.92 Å². The molecule has 2 aromatic rings. The highest BCUT2D eigenvalue weighted by Crippen LogP contribution is 2.18. The molecule has 0 fully saturated rings. The molecule has 6 nitrogen and oxygen atoms in total. The summed E-state index contributed by atoms with van der Waals surface area (Å²) >= 11 is 0. The third kappa shape index (κ3) is 2.63. The lowest BCUT2D eigenvalue weighted by molar-refractivity contribution is -0.141. The van der Waals surface area contributed by atoms with Gasteiger partial charge in [0.05, 0.1) is 5.52 Å². The highest BCUT2D eigenvalue weighted by atomic mass is 19.2. The van der Waals surface area contributed by atoms with Crippen LogP contribution in [0.25, 0.3) is 10.9 Å². The van der Waals surface area contributed by atoms with Gasteiger partial charge < -0.3 is 10.1 Å². The van der Waals surface area contributed by atoms with Crippen LogP contribution in [0.1, 0.15) is 26.3 Å². The van der Waals surface area contributed by atoms with Crippen molar-refractivity contribution < 1.29 is 18.7 Å². The van der Waals surface area contributed by atoms with Crippen molar-refractivity contribution in [2.75, 3.05) is 0 Å². The van der Waals surface area contributed by atoms with Crippen LogP contribution in [0, 0.1) is 17.6 Å². The fraction of sp³-hybridized carbons (Fsp3) is 0.357. The second-order valence-corrected chi connectivity index (χ2v) is 5.37. The molecule has 0 saturated heterocycles. The van der Waals surface area contributed by atoms with Gasteiger partial charge in [0.25, 0.3) is 5.56 Å². The van der Waals surface area contributed by atoms with E-state index >= 15 is 0 Å². The van der Waals surface area contributed by atoms with Gasteiger partial charge in [0.2, 0.25) is 0 Å². The maximum atomic E-state index is 13.8. The summed E-state index contributed by atoms with van der Waals surface area (Å²) < 4.78 is 27.6. The van der Waals surface area contributed by atoms with Gasteiger partial charge >= 0.3 is 11.7 Å². The number of carboxylic acid groups (broad SMARTS) is 1. The fourth-order valence-electron chi connectivity index (χ4n) is 2.30. The van der Waals surface area contributed by atoms with Crippen molar-refractivity contribution in [1.29, 1.82) is 0 Å². The number of carbonyl (C=O) groups is 1. The fourth-order valence-corrected chi connectivity index (χ4v) is 2.30. The smallest absolute Gasteiger partial charge is 0.329 e. The minimum Gasteiger partial charge on any atom is -0.480 e. The van der Waals surface area contributed by atoms with E-state index in [2.05, 4.69) is 4.98 Å². The molecule has 0 saturated carbocycles. The Morgan fingerprint density at radius 3 is 2.50 bits per heavy atom. The Hall–Kier alpha value is -2.51. The topological polar surface area (TPSA) is 92.2 Å².